The number of likely N-dealkylation sites (tertiary alicyclic amines) is 1. The molecule has 1 aliphatic heterocycles. The Kier molecular flexibility index (Phi) is 5.38. The standard InChI is InChI=1S/C18H20ClN3O3/c19-14-4-1-5-15(11-14)22-10-8-16(20-22)18(25)21-9-2-3-13(12-21)6-7-17(23)24/h1,4-5,8,10-11,13H,2-3,6-7,9,12H2,(H,23,24)/t13-/m0/s1. The Morgan fingerprint density at radius 1 is 1.32 bits per heavy atom. The summed E-state index contributed by atoms with van der Waals surface area (Å²) in [7, 11) is 0. The first-order chi connectivity index (χ1) is 12.0. The fourth-order valence-corrected chi connectivity index (χ4v) is 3.36. The number of carboxylic acids is 1. The van der Waals surface area contributed by atoms with Crippen LogP contribution in [0.4, 0.5) is 0 Å². The number of hydrogen-bond donors (Lipinski definition) is 1. The molecule has 0 bridgehead atoms. The van der Waals surface area contributed by atoms with Crippen LogP contribution in [-0.2, 0) is 4.79 Å². The Hall–Kier alpha value is -2.34. The Labute approximate surface area is 151 Å². The van der Waals surface area contributed by atoms with E-state index in [2.05, 4.69) is 5.10 Å². The Bertz CT molecular complexity index is 774. The zero-order valence-corrected chi connectivity index (χ0v) is 14.5. The molecule has 0 saturated carbocycles. The lowest BCUT2D eigenvalue weighted by atomic mass is 9.93. The minimum absolute atomic E-state index is 0.110. The highest BCUT2D eigenvalue weighted by atomic mass is 35.5. The van der Waals surface area contributed by atoms with Crippen molar-refractivity contribution in [2.24, 2.45) is 5.92 Å². The molecule has 1 amide bonds. The molecule has 1 saturated heterocycles. The van der Waals surface area contributed by atoms with Crippen LogP contribution >= 0.6 is 11.6 Å². The molecule has 2 heterocycles. The highest BCUT2D eigenvalue weighted by molar-refractivity contribution is 6.30. The van der Waals surface area contributed by atoms with Crippen molar-refractivity contribution in [3.63, 3.8) is 0 Å². The number of hydrogen-bond acceptors (Lipinski definition) is 3. The van der Waals surface area contributed by atoms with Crippen molar-refractivity contribution in [1.82, 2.24) is 14.7 Å². The summed E-state index contributed by atoms with van der Waals surface area (Å²) in [5.74, 6) is -0.659. The van der Waals surface area contributed by atoms with Crippen molar-refractivity contribution in [1.29, 1.82) is 0 Å². The number of halogens is 1. The molecule has 1 fully saturated rings. The van der Waals surface area contributed by atoms with E-state index in [1.54, 1.807) is 34.0 Å². The maximum Gasteiger partial charge on any atom is 0.303 e. The minimum Gasteiger partial charge on any atom is -0.481 e. The zero-order valence-electron chi connectivity index (χ0n) is 13.8. The van der Waals surface area contributed by atoms with Gasteiger partial charge in [0.25, 0.3) is 5.91 Å². The first kappa shape index (κ1) is 17.5. The van der Waals surface area contributed by atoms with E-state index in [1.165, 1.54) is 0 Å². The molecule has 0 spiro atoms. The number of benzene rings is 1. The normalized spacial score (nSPS) is 17.5. The molecular weight excluding hydrogens is 342 g/mol. The van der Waals surface area contributed by atoms with Gasteiger partial charge in [-0.1, -0.05) is 17.7 Å². The van der Waals surface area contributed by atoms with Crippen molar-refractivity contribution in [3.8, 4) is 5.69 Å². The average Bonchev–Trinajstić information content (AvgIpc) is 3.10. The third kappa shape index (κ3) is 4.39. The number of rotatable bonds is 5. The third-order valence-corrected chi connectivity index (χ3v) is 4.69. The molecule has 132 valence electrons. The van der Waals surface area contributed by atoms with E-state index in [-0.39, 0.29) is 18.2 Å². The van der Waals surface area contributed by atoms with Gasteiger partial charge in [0.1, 0.15) is 0 Å². The monoisotopic (exact) mass is 361 g/mol. The van der Waals surface area contributed by atoms with Crippen LogP contribution < -0.4 is 0 Å². The summed E-state index contributed by atoms with van der Waals surface area (Å²) in [6.45, 7) is 1.28. The number of carbonyl (C=O) groups excluding carboxylic acids is 1. The van der Waals surface area contributed by atoms with Crippen LogP contribution in [0.1, 0.15) is 36.2 Å². The number of carboxylic acid groups (broad SMARTS) is 1. The predicted octanol–water partition coefficient (Wildman–Crippen LogP) is 3.24. The van der Waals surface area contributed by atoms with Crippen molar-refractivity contribution in [2.75, 3.05) is 13.1 Å². The lowest BCUT2D eigenvalue weighted by Gasteiger charge is -2.32. The van der Waals surface area contributed by atoms with E-state index in [9.17, 15) is 9.59 Å². The lowest BCUT2D eigenvalue weighted by Crippen LogP contribution is -2.40. The van der Waals surface area contributed by atoms with Crippen molar-refractivity contribution in [2.45, 2.75) is 25.7 Å². The van der Waals surface area contributed by atoms with Gasteiger partial charge in [-0.25, -0.2) is 4.68 Å². The highest BCUT2D eigenvalue weighted by Gasteiger charge is 2.26. The smallest absolute Gasteiger partial charge is 0.303 e. The maximum atomic E-state index is 12.7. The second kappa shape index (κ2) is 7.70. The molecule has 1 aromatic carbocycles. The Balaban J connectivity index is 1.67. The third-order valence-electron chi connectivity index (χ3n) is 4.45. The van der Waals surface area contributed by atoms with Crippen molar-refractivity contribution in [3.05, 3.63) is 47.2 Å². The number of amides is 1. The molecule has 0 unspecified atom stereocenters. The van der Waals surface area contributed by atoms with Crippen LogP contribution in [-0.4, -0.2) is 44.8 Å². The second-order valence-corrected chi connectivity index (χ2v) is 6.75. The van der Waals surface area contributed by atoms with Gasteiger partial charge in [-0.05, 0) is 49.4 Å². The van der Waals surface area contributed by atoms with Crippen molar-refractivity contribution >= 4 is 23.5 Å². The van der Waals surface area contributed by atoms with Crippen LogP contribution in [0.2, 0.25) is 5.02 Å². The van der Waals surface area contributed by atoms with Crippen LogP contribution in [0, 0.1) is 5.92 Å². The summed E-state index contributed by atoms with van der Waals surface area (Å²) in [4.78, 5) is 25.2. The second-order valence-electron chi connectivity index (χ2n) is 6.32. The molecule has 7 heteroatoms. The van der Waals surface area contributed by atoms with Gasteiger partial charge in [0.2, 0.25) is 0 Å². The molecule has 1 aromatic heterocycles. The average molecular weight is 362 g/mol. The molecule has 1 atom stereocenters. The van der Waals surface area contributed by atoms with E-state index in [1.807, 2.05) is 12.1 Å². The van der Waals surface area contributed by atoms with E-state index in [0.717, 1.165) is 18.5 Å². The van der Waals surface area contributed by atoms with E-state index < -0.39 is 5.97 Å². The van der Waals surface area contributed by atoms with Gasteiger partial charge >= 0.3 is 5.97 Å². The van der Waals surface area contributed by atoms with E-state index in [0.29, 0.717) is 30.2 Å². The number of nitrogens with zero attached hydrogens (tertiary/aromatic N) is 3. The highest BCUT2D eigenvalue weighted by Crippen LogP contribution is 2.22. The molecule has 2 aromatic rings. The molecule has 0 aliphatic carbocycles. The Morgan fingerprint density at radius 2 is 2.16 bits per heavy atom. The molecule has 0 radical (unpaired) electrons. The van der Waals surface area contributed by atoms with Gasteiger partial charge in [0.05, 0.1) is 5.69 Å². The summed E-state index contributed by atoms with van der Waals surface area (Å²) in [5.41, 5.74) is 1.18. The first-order valence-corrected chi connectivity index (χ1v) is 8.73. The summed E-state index contributed by atoms with van der Waals surface area (Å²) >= 11 is 6.00. The SMILES string of the molecule is O=C(O)CC[C@@H]1CCCN(C(=O)c2ccn(-c3cccc(Cl)c3)n2)C1. The fourth-order valence-electron chi connectivity index (χ4n) is 3.18. The van der Waals surface area contributed by atoms with E-state index in [4.69, 9.17) is 16.7 Å². The van der Waals surface area contributed by atoms with Crippen LogP contribution in [0.3, 0.4) is 0 Å². The zero-order chi connectivity index (χ0) is 17.8. The number of piperidine rings is 1. The van der Waals surface area contributed by atoms with Gasteiger partial charge in [0.15, 0.2) is 5.69 Å². The number of carbonyl (C=O) groups is 2. The quantitative estimate of drug-likeness (QED) is 0.887. The molecule has 3 rings (SSSR count). The van der Waals surface area contributed by atoms with Gasteiger partial charge in [-0.3, -0.25) is 9.59 Å². The number of aromatic nitrogens is 2. The van der Waals surface area contributed by atoms with E-state index >= 15 is 0 Å². The predicted molar refractivity (Wildman–Crippen MR) is 94.1 cm³/mol. The molecule has 1 aliphatic rings. The van der Waals surface area contributed by atoms with Crippen LogP contribution in [0.15, 0.2) is 36.5 Å². The van der Waals surface area contributed by atoms with Gasteiger partial charge in [-0.2, -0.15) is 5.10 Å². The van der Waals surface area contributed by atoms with Crippen LogP contribution in [0.5, 0.6) is 0 Å². The van der Waals surface area contributed by atoms with Gasteiger partial charge in [-0.15, -0.1) is 0 Å². The largest absolute Gasteiger partial charge is 0.481 e. The minimum atomic E-state index is -0.788. The van der Waals surface area contributed by atoms with Gasteiger partial charge < -0.3 is 10.0 Å². The summed E-state index contributed by atoms with van der Waals surface area (Å²) in [6.07, 6.45) is 4.36. The molecular formula is C18H20ClN3O3. The first-order valence-electron chi connectivity index (χ1n) is 8.35. The van der Waals surface area contributed by atoms with Gasteiger partial charge in [0, 0.05) is 30.7 Å². The topological polar surface area (TPSA) is 75.4 Å². The maximum absolute atomic E-state index is 12.7. The summed E-state index contributed by atoms with van der Waals surface area (Å²) in [5, 5.41) is 13.8. The Morgan fingerprint density at radius 3 is 2.92 bits per heavy atom. The lowest BCUT2D eigenvalue weighted by molar-refractivity contribution is -0.137. The fraction of sp³-hybridized carbons (Fsp3) is 0.389. The molecule has 1 N–H and O–H groups in total. The van der Waals surface area contributed by atoms with Crippen LogP contribution in [0.25, 0.3) is 5.69 Å². The molecule has 6 nitrogen and oxygen atoms in total. The molecule has 25 heavy (non-hydrogen) atoms. The number of aliphatic carboxylic acids is 1. The summed E-state index contributed by atoms with van der Waals surface area (Å²) in [6, 6.07) is 8.97. The summed E-state index contributed by atoms with van der Waals surface area (Å²) < 4.78 is 1.63. The van der Waals surface area contributed by atoms with Crippen molar-refractivity contribution < 1.29 is 14.7 Å².